The van der Waals surface area contributed by atoms with Gasteiger partial charge in [0.15, 0.2) is 5.96 Å². The number of carbonyl (C=O) groups excluding carboxylic acids is 1. The summed E-state index contributed by atoms with van der Waals surface area (Å²) in [5.74, 6) is 0.992. The molecular weight excluding hydrogens is 465 g/mol. The number of nitrogens with one attached hydrogen (secondary N) is 2. The minimum Gasteiger partial charge on any atom is -0.355 e. The molecule has 0 heterocycles. The van der Waals surface area contributed by atoms with E-state index in [1.807, 2.05) is 20.2 Å². The molecule has 1 aromatic rings. The summed E-state index contributed by atoms with van der Waals surface area (Å²) in [6.45, 7) is 3.29. The molecule has 0 aromatic heterocycles. The number of benzene rings is 1. The third kappa shape index (κ3) is 7.24. The van der Waals surface area contributed by atoms with Crippen LogP contribution in [0.5, 0.6) is 0 Å². The van der Waals surface area contributed by atoms with E-state index >= 15 is 0 Å². The molecule has 7 heteroatoms. The van der Waals surface area contributed by atoms with E-state index < -0.39 is 0 Å². The zero-order valence-electron chi connectivity index (χ0n) is 17.7. The number of nitrogens with zero attached hydrogens (tertiary/aromatic N) is 3. The minimum atomic E-state index is -0.286. The first-order valence-electron chi connectivity index (χ1n) is 9.85. The highest BCUT2D eigenvalue weighted by Crippen LogP contribution is 2.38. The van der Waals surface area contributed by atoms with Crippen molar-refractivity contribution in [3.63, 3.8) is 0 Å². The van der Waals surface area contributed by atoms with Gasteiger partial charge in [-0.15, -0.1) is 24.0 Å². The fourth-order valence-corrected chi connectivity index (χ4v) is 3.81. The fourth-order valence-electron chi connectivity index (χ4n) is 3.81. The van der Waals surface area contributed by atoms with Crippen molar-refractivity contribution in [2.24, 2.45) is 10.4 Å². The number of likely N-dealkylation sites (N-methyl/N-ethyl adjacent to an activating group) is 1. The maximum Gasteiger partial charge on any atom is 0.230 e. The lowest BCUT2D eigenvalue weighted by Crippen LogP contribution is -2.49. The highest BCUT2D eigenvalue weighted by Gasteiger charge is 2.42. The maximum absolute atomic E-state index is 12.7. The molecule has 0 spiro atoms. The highest BCUT2D eigenvalue weighted by atomic mass is 127. The lowest BCUT2D eigenvalue weighted by Gasteiger charge is -2.31. The minimum absolute atomic E-state index is 0. The predicted molar refractivity (Wildman–Crippen MR) is 127 cm³/mol. The lowest BCUT2D eigenvalue weighted by molar-refractivity contribution is -0.138. The van der Waals surface area contributed by atoms with E-state index in [0.717, 1.165) is 51.3 Å². The second-order valence-corrected chi connectivity index (χ2v) is 7.76. The zero-order chi connectivity index (χ0) is 19.7. The molecule has 1 aliphatic carbocycles. The van der Waals surface area contributed by atoms with Gasteiger partial charge in [-0.3, -0.25) is 9.79 Å². The van der Waals surface area contributed by atoms with E-state index in [0.29, 0.717) is 6.54 Å². The van der Waals surface area contributed by atoms with Crippen LogP contribution in [0.2, 0.25) is 0 Å². The van der Waals surface area contributed by atoms with E-state index in [-0.39, 0.29) is 35.3 Å². The molecule has 2 rings (SSSR count). The van der Waals surface area contributed by atoms with Crippen molar-refractivity contribution in [1.29, 1.82) is 0 Å². The fraction of sp³-hybridized carbons (Fsp3) is 0.619. The molecule has 28 heavy (non-hydrogen) atoms. The van der Waals surface area contributed by atoms with Gasteiger partial charge in [0.05, 0.1) is 5.41 Å². The average molecular weight is 501 g/mol. The van der Waals surface area contributed by atoms with Gasteiger partial charge < -0.3 is 20.4 Å². The Morgan fingerprint density at radius 1 is 1.11 bits per heavy atom. The van der Waals surface area contributed by atoms with Crippen molar-refractivity contribution in [3.8, 4) is 0 Å². The Hall–Kier alpha value is -1.35. The Kier molecular flexibility index (Phi) is 10.8. The molecule has 1 amide bonds. The van der Waals surface area contributed by atoms with E-state index in [2.05, 4.69) is 51.8 Å². The van der Waals surface area contributed by atoms with Crippen LogP contribution in [0.1, 0.15) is 31.2 Å². The van der Waals surface area contributed by atoms with Crippen molar-refractivity contribution in [2.75, 3.05) is 47.8 Å². The van der Waals surface area contributed by atoms with Crippen LogP contribution in [-0.4, -0.2) is 69.5 Å². The number of carbonyl (C=O) groups is 1. The van der Waals surface area contributed by atoms with Gasteiger partial charge >= 0.3 is 0 Å². The van der Waals surface area contributed by atoms with Gasteiger partial charge in [0.25, 0.3) is 0 Å². The van der Waals surface area contributed by atoms with Gasteiger partial charge in [-0.25, -0.2) is 0 Å². The SMILES string of the molecule is CN=C(NCCN(C)Cc1ccccc1)NCC1(C(=O)N(C)C)CCCC1.I. The van der Waals surface area contributed by atoms with Gasteiger partial charge in [0.1, 0.15) is 0 Å². The molecule has 0 radical (unpaired) electrons. The van der Waals surface area contributed by atoms with E-state index in [1.54, 1.807) is 11.9 Å². The number of hydrogen-bond acceptors (Lipinski definition) is 3. The molecule has 0 aliphatic heterocycles. The molecule has 1 aliphatic rings. The van der Waals surface area contributed by atoms with Gasteiger partial charge in [0, 0.05) is 47.3 Å². The quantitative estimate of drug-likeness (QED) is 0.327. The molecule has 1 saturated carbocycles. The molecule has 1 aromatic carbocycles. The summed E-state index contributed by atoms with van der Waals surface area (Å²) in [7, 11) is 7.59. The number of amides is 1. The first-order valence-corrected chi connectivity index (χ1v) is 9.85. The summed E-state index contributed by atoms with van der Waals surface area (Å²) in [6.07, 6.45) is 4.15. The number of halogens is 1. The van der Waals surface area contributed by atoms with Gasteiger partial charge in [-0.1, -0.05) is 43.2 Å². The van der Waals surface area contributed by atoms with Crippen molar-refractivity contribution < 1.29 is 4.79 Å². The Morgan fingerprint density at radius 2 is 1.75 bits per heavy atom. The molecule has 0 bridgehead atoms. The average Bonchev–Trinajstić information content (AvgIpc) is 3.14. The molecule has 1 fully saturated rings. The van der Waals surface area contributed by atoms with Crippen molar-refractivity contribution in [1.82, 2.24) is 20.4 Å². The van der Waals surface area contributed by atoms with E-state index in [1.165, 1.54) is 5.56 Å². The Morgan fingerprint density at radius 3 is 2.32 bits per heavy atom. The van der Waals surface area contributed by atoms with Crippen LogP contribution in [-0.2, 0) is 11.3 Å². The second-order valence-electron chi connectivity index (χ2n) is 7.76. The standard InChI is InChI=1S/C21H35N5O.HI/c1-22-20(23-14-15-26(4)16-18-10-6-5-7-11-18)24-17-21(12-8-9-13-21)19(27)25(2)3;/h5-7,10-11H,8-9,12-17H2,1-4H3,(H2,22,23,24);1H. The van der Waals surface area contributed by atoms with Crippen LogP contribution in [0.3, 0.4) is 0 Å². The molecule has 2 N–H and O–H groups in total. The summed E-state index contributed by atoms with van der Waals surface area (Å²) in [6, 6.07) is 10.5. The van der Waals surface area contributed by atoms with Crippen LogP contribution in [0.15, 0.2) is 35.3 Å². The summed E-state index contributed by atoms with van der Waals surface area (Å²) in [5, 5.41) is 6.75. The second kappa shape index (κ2) is 12.3. The summed E-state index contributed by atoms with van der Waals surface area (Å²) in [4.78, 5) is 21.0. The first-order chi connectivity index (χ1) is 13.0. The number of guanidine groups is 1. The number of rotatable bonds is 8. The molecule has 0 unspecified atom stereocenters. The van der Waals surface area contributed by atoms with Gasteiger partial charge in [0.2, 0.25) is 5.91 Å². The van der Waals surface area contributed by atoms with Crippen LogP contribution in [0.25, 0.3) is 0 Å². The summed E-state index contributed by atoms with van der Waals surface area (Å²) in [5.41, 5.74) is 1.03. The predicted octanol–water partition coefficient (Wildman–Crippen LogP) is 2.55. The van der Waals surface area contributed by atoms with E-state index in [9.17, 15) is 4.79 Å². The Labute approximate surface area is 187 Å². The molecule has 0 atom stereocenters. The number of hydrogen-bond donors (Lipinski definition) is 2. The van der Waals surface area contributed by atoms with Crippen LogP contribution in [0.4, 0.5) is 0 Å². The van der Waals surface area contributed by atoms with Crippen LogP contribution >= 0.6 is 24.0 Å². The Bertz CT molecular complexity index is 614. The largest absolute Gasteiger partial charge is 0.355 e. The maximum atomic E-state index is 12.7. The molecule has 158 valence electrons. The lowest BCUT2D eigenvalue weighted by atomic mass is 9.84. The van der Waals surface area contributed by atoms with Crippen LogP contribution in [0, 0.1) is 5.41 Å². The normalized spacial score (nSPS) is 15.8. The summed E-state index contributed by atoms with van der Waals surface area (Å²) < 4.78 is 0. The molecule has 6 nitrogen and oxygen atoms in total. The highest BCUT2D eigenvalue weighted by molar-refractivity contribution is 14.0. The monoisotopic (exact) mass is 501 g/mol. The zero-order valence-corrected chi connectivity index (χ0v) is 20.0. The van der Waals surface area contributed by atoms with Crippen molar-refractivity contribution in [2.45, 2.75) is 32.2 Å². The third-order valence-electron chi connectivity index (χ3n) is 5.32. The third-order valence-corrected chi connectivity index (χ3v) is 5.32. The Balaban J connectivity index is 0.00000392. The van der Waals surface area contributed by atoms with Gasteiger partial charge in [-0.2, -0.15) is 0 Å². The first kappa shape index (κ1) is 24.7. The van der Waals surface area contributed by atoms with E-state index in [4.69, 9.17) is 0 Å². The summed E-state index contributed by atoms with van der Waals surface area (Å²) >= 11 is 0. The van der Waals surface area contributed by atoms with Crippen LogP contribution < -0.4 is 10.6 Å². The molecular formula is C21H36IN5O. The topological polar surface area (TPSA) is 60.0 Å². The van der Waals surface area contributed by atoms with Crippen molar-refractivity contribution in [3.05, 3.63) is 35.9 Å². The smallest absolute Gasteiger partial charge is 0.230 e. The molecule has 0 saturated heterocycles. The van der Waals surface area contributed by atoms with Crippen molar-refractivity contribution >= 4 is 35.8 Å². The number of aliphatic imine (C=N–C) groups is 1. The van der Waals surface area contributed by atoms with Gasteiger partial charge in [-0.05, 0) is 25.5 Å².